The van der Waals surface area contributed by atoms with Gasteiger partial charge in [0.05, 0.1) is 29.8 Å². The number of halogens is 1. The molecule has 5 rings (SSSR count). The minimum atomic E-state index is -1.41. The van der Waals surface area contributed by atoms with Crippen molar-refractivity contribution in [2.75, 3.05) is 24.4 Å². The summed E-state index contributed by atoms with van der Waals surface area (Å²) in [6.07, 6.45) is -0.191. The van der Waals surface area contributed by atoms with E-state index in [1.54, 1.807) is 24.3 Å². The molecule has 3 aromatic rings. The van der Waals surface area contributed by atoms with Gasteiger partial charge in [-0.05, 0) is 35.4 Å². The maximum atomic E-state index is 13.9. The lowest BCUT2D eigenvalue weighted by Crippen LogP contribution is -2.45. The van der Waals surface area contributed by atoms with Gasteiger partial charge in [-0.2, -0.15) is 0 Å². The van der Waals surface area contributed by atoms with Crippen molar-refractivity contribution >= 4 is 40.5 Å². The van der Waals surface area contributed by atoms with Gasteiger partial charge in [-0.1, -0.05) is 18.2 Å². The third-order valence-corrected chi connectivity index (χ3v) is 7.35. The highest BCUT2D eigenvalue weighted by Gasteiger charge is 2.57. The average molecular weight is 452 g/mol. The van der Waals surface area contributed by atoms with Crippen molar-refractivity contribution < 1.29 is 28.6 Å². The minimum Gasteiger partial charge on any atom is -0.497 e. The number of aromatic carboxylic acids is 1. The number of benzene rings is 2. The minimum absolute atomic E-state index is 0.00718. The molecule has 1 aromatic heterocycles. The van der Waals surface area contributed by atoms with Gasteiger partial charge in [0, 0.05) is 12.6 Å². The van der Waals surface area contributed by atoms with E-state index in [4.69, 9.17) is 4.74 Å². The van der Waals surface area contributed by atoms with Crippen LogP contribution in [0.5, 0.6) is 5.75 Å². The largest absolute Gasteiger partial charge is 0.497 e. The van der Waals surface area contributed by atoms with E-state index >= 15 is 0 Å². The molecule has 0 radical (unpaired) electrons. The second-order valence-electron chi connectivity index (χ2n) is 7.70. The predicted molar refractivity (Wildman–Crippen MR) is 117 cm³/mol. The number of thiophene rings is 1. The monoisotopic (exact) mass is 452 g/mol. The number of rotatable bonds is 3. The van der Waals surface area contributed by atoms with Crippen molar-refractivity contribution in [1.82, 2.24) is 0 Å². The third-order valence-electron chi connectivity index (χ3n) is 6.01. The van der Waals surface area contributed by atoms with Gasteiger partial charge in [-0.25, -0.2) is 9.18 Å². The zero-order valence-electron chi connectivity index (χ0n) is 17.1. The quantitative estimate of drug-likeness (QED) is 0.629. The Bertz CT molecular complexity index is 1320. The molecular formula is C23H17FN2O5S. The maximum absolute atomic E-state index is 13.9. The van der Waals surface area contributed by atoms with Crippen LogP contribution in [0.25, 0.3) is 11.1 Å². The molecule has 0 unspecified atom stereocenters. The maximum Gasteiger partial charge on any atom is 0.346 e. The van der Waals surface area contributed by atoms with Crippen LogP contribution in [-0.2, 0) is 15.0 Å². The van der Waals surface area contributed by atoms with Crippen molar-refractivity contribution in [3.63, 3.8) is 0 Å². The van der Waals surface area contributed by atoms with E-state index < -0.39 is 29.0 Å². The van der Waals surface area contributed by atoms with Crippen LogP contribution < -0.4 is 15.0 Å². The zero-order valence-corrected chi connectivity index (χ0v) is 17.9. The first-order chi connectivity index (χ1) is 15.3. The normalized spacial score (nSPS) is 19.0. The number of hydrogen-bond donors (Lipinski definition) is 2. The highest BCUT2D eigenvalue weighted by atomic mass is 32.1. The average Bonchev–Trinajstić information content (AvgIpc) is 3.25. The molecule has 2 aliphatic heterocycles. The SMILES string of the molecule is COc1ccc(-c2c(C(=O)O)sc3c2NC(=O)C[C@]32C(=O)N(C)c3cc(F)ccc32)cc1. The number of amides is 2. The second-order valence-corrected chi connectivity index (χ2v) is 8.72. The molecule has 162 valence electrons. The summed E-state index contributed by atoms with van der Waals surface area (Å²) >= 11 is 0.960. The summed E-state index contributed by atoms with van der Waals surface area (Å²) in [6, 6.07) is 10.8. The Balaban J connectivity index is 1.82. The molecule has 9 heteroatoms. The summed E-state index contributed by atoms with van der Waals surface area (Å²) in [7, 11) is 3.05. The van der Waals surface area contributed by atoms with Crippen LogP contribution in [0.3, 0.4) is 0 Å². The first-order valence-electron chi connectivity index (χ1n) is 9.71. The van der Waals surface area contributed by atoms with Crippen LogP contribution >= 0.6 is 11.3 Å². The lowest BCUT2D eigenvalue weighted by atomic mass is 9.74. The number of carbonyl (C=O) groups is 3. The Labute approximate surface area is 186 Å². The van der Waals surface area contributed by atoms with Gasteiger partial charge in [-0.15, -0.1) is 11.3 Å². The molecule has 3 heterocycles. The topological polar surface area (TPSA) is 95.9 Å². The van der Waals surface area contributed by atoms with Crippen LogP contribution in [0.2, 0.25) is 0 Å². The number of methoxy groups -OCH3 is 1. The van der Waals surface area contributed by atoms with E-state index in [1.807, 2.05) is 0 Å². The van der Waals surface area contributed by atoms with Crippen LogP contribution in [0.15, 0.2) is 42.5 Å². The van der Waals surface area contributed by atoms with Crippen molar-refractivity contribution in [1.29, 1.82) is 0 Å². The Hall–Kier alpha value is -3.72. The van der Waals surface area contributed by atoms with Crippen molar-refractivity contribution in [3.8, 4) is 16.9 Å². The number of carboxylic acid groups (broad SMARTS) is 1. The smallest absolute Gasteiger partial charge is 0.346 e. The number of nitrogens with one attached hydrogen (secondary N) is 1. The van der Waals surface area contributed by atoms with Crippen LogP contribution in [0.1, 0.15) is 26.5 Å². The van der Waals surface area contributed by atoms with E-state index in [-0.39, 0.29) is 11.3 Å². The summed E-state index contributed by atoms with van der Waals surface area (Å²) in [4.78, 5) is 40.3. The molecule has 2 amide bonds. The molecule has 32 heavy (non-hydrogen) atoms. The van der Waals surface area contributed by atoms with Crippen molar-refractivity contribution in [2.45, 2.75) is 11.8 Å². The number of ether oxygens (including phenoxy) is 1. The van der Waals surface area contributed by atoms with Gasteiger partial charge in [0.25, 0.3) is 0 Å². The summed E-state index contributed by atoms with van der Waals surface area (Å²) in [5, 5.41) is 12.7. The first kappa shape index (κ1) is 20.2. The molecule has 0 aliphatic carbocycles. The summed E-state index contributed by atoms with van der Waals surface area (Å²) in [6.45, 7) is 0. The molecule has 0 saturated carbocycles. The Morgan fingerprint density at radius 3 is 2.59 bits per heavy atom. The van der Waals surface area contributed by atoms with E-state index in [0.29, 0.717) is 38.7 Å². The van der Waals surface area contributed by atoms with Crippen LogP contribution in [0, 0.1) is 5.82 Å². The number of hydrogen-bond acceptors (Lipinski definition) is 5. The lowest BCUT2D eigenvalue weighted by molar-refractivity contribution is -0.126. The molecule has 2 N–H and O–H groups in total. The van der Waals surface area contributed by atoms with Gasteiger partial charge in [0.1, 0.15) is 21.9 Å². The number of nitrogens with zero attached hydrogens (tertiary/aromatic N) is 1. The van der Waals surface area contributed by atoms with E-state index in [0.717, 1.165) is 11.3 Å². The highest BCUT2D eigenvalue weighted by Crippen LogP contribution is 2.57. The number of carboxylic acids is 1. The zero-order chi connectivity index (χ0) is 22.8. The van der Waals surface area contributed by atoms with Gasteiger partial charge in [0.15, 0.2) is 0 Å². The molecule has 2 aromatic carbocycles. The van der Waals surface area contributed by atoms with Crippen LogP contribution in [-0.4, -0.2) is 37.0 Å². The summed E-state index contributed by atoms with van der Waals surface area (Å²) < 4.78 is 19.1. The molecule has 0 saturated heterocycles. The fourth-order valence-corrected chi connectivity index (χ4v) is 5.90. The molecular weight excluding hydrogens is 435 g/mol. The highest BCUT2D eigenvalue weighted by molar-refractivity contribution is 7.15. The summed E-state index contributed by atoms with van der Waals surface area (Å²) in [5.74, 6) is -1.89. The van der Waals surface area contributed by atoms with Gasteiger partial charge in [-0.3, -0.25) is 9.59 Å². The Morgan fingerprint density at radius 1 is 1.22 bits per heavy atom. The molecule has 7 nitrogen and oxygen atoms in total. The van der Waals surface area contributed by atoms with Crippen LogP contribution in [0.4, 0.5) is 15.8 Å². The fraction of sp³-hybridized carbons (Fsp3) is 0.174. The molecule has 0 bridgehead atoms. The molecule has 1 spiro atoms. The summed E-state index contributed by atoms with van der Waals surface area (Å²) in [5.41, 5.74) is 0.645. The van der Waals surface area contributed by atoms with E-state index in [9.17, 15) is 23.9 Å². The Morgan fingerprint density at radius 2 is 1.94 bits per heavy atom. The standard InChI is InChI=1S/C23H17FN2O5S/c1-26-15-9-12(24)5-8-14(15)23(22(26)30)10-16(27)25-18-17(19(21(28)29)32-20(18)23)11-3-6-13(31-2)7-4-11/h3-9H,10H2,1-2H3,(H,25,27)(H,28,29)/t23-/m1/s1. The second kappa shape index (κ2) is 6.89. The molecule has 1 atom stereocenters. The number of anilines is 2. The number of carbonyl (C=O) groups excluding carboxylic acids is 2. The number of likely N-dealkylation sites (N-methyl/N-ethyl adjacent to an activating group) is 1. The van der Waals surface area contributed by atoms with Gasteiger partial charge in [0.2, 0.25) is 11.8 Å². The first-order valence-corrected chi connectivity index (χ1v) is 10.5. The fourth-order valence-electron chi connectivity index (χ4n) is 4.58. The van der Waals surface area contributed by atoms with Gasteiger partial charge >= 0.3 is 5.97 Å². The molecule has 0 fully saturated rings. The lowest BCUT2D eigenvalue weighted by Gasteiger charge is -2.32. The van der Waals surface area contributed by atoms with E-state index in [2.05, 4.69) is 5.32 Å². The van der Waals surface area contributed by atoms with Crippen molar-refractivity contribution in [3.05, 3.63) is 63.6 Å². The number of fused-ring (bicyclic) bond motifs is 4. The van der Waals surface area contributed by atoms with Crippen molar-refractivity contribution in [2.24, 2.45) is 0 Å². The van der Waals surface area contributed by atoms with E-state index in [1.165, 1.54) is 37.3 Å². The molecule has 2 aliphatic rings. The van der Waals surface area contributed by atoms with Gasteiger partial charge < -0.3 is 20.1 Å². The Kier molecular flexibility index (Phi) is 4.35. The predicted octanol–water partition coefficient (Wildman–Crippen LogP) is 3.87. The third kappa shape index (κ3) is 2.61.